The molecule has 3 aromatic rings. The summed E-state index contributed by atoms with van der Waals surface area (Å²) in [7, 11) is 1.68. The van der Waals surface area contributed by atoms with Crippen LogP contribution in [0.2, 0.25) is 0 Å². The standard InChI is InChI=1S/C34H39N3O5/c1-5-41-32(38)18-24-11-10-23-17-30(40-4)28(19-27(23)24)26-12-13-31(36-14-7-15-36)35-29(26)20-37-22(3)33(42-34(37)39)25-9-6-8-21(2)16-25/h6,8-9,12-13,16-17,19,22,24,33H,5,7,10-11,14-15,18,20H2,1-4H3/t22-,24-,33-/m0/s1. The molecule has 0 saturated carbocycles. The topological polar surface area (TPSA) is 81.2 Å². The van der Waals surface area contributed by atoms with E-state index in [0.717, 1.165) is 77.4 Å². The van der Waals surface area contributed by atoms with Gasteiger partial charge >= 0.3 is 12.1 Å². The van der Waals surface area contributed by atoms with Crippen molar-refractivity contribution in [3.8, 4) is 16.9 Å². The molecular weight excluding hydrogens is 530 g/mol. The van der Waals surface area contributed by atoms with Crippen LogP contribution in [0.1, 0.15) is 73.1 Å². The number of aryl methyl sites for hydroxylation is 2. The first-order valence-electron chi connectivity index (χ1n) is 15.0. The molecule has 42 heavy (non-hydrogen) atoms. The zero-order chi connectivity index (χ0) is 29.4. The largest absolute Gasteiger partial charge is 0.496 e. The van der Waals surface area contributed by atoms with Gasteiger partial charge in [-0.3, -0.25) is 9.69 Å². The lowest BCUT2D eigenvalue weighted by molar-refractivity contribution is -0.143. The van der Waals surface area contributed by atoms with Crippen molar-refractivity contribution in [1.82, 2.24) is 9.88 Å². The van der Waals surface area contributed by atoms with Gasteiger partial charge in [0.2, 0.25) is 0 Å². The molecule has 8 nitrogen and oxygen atoms in total. The normalized spacial score (nSPS) is 21.1. The van der Waals surface area contributed by atoms with Crippen molar-refractivity contribution in [3.05, 3.63) is 76.5 Å². The van der Waals surface area contributed by atoms with Crippen LogP contribution >= 0.6 is 0 Å². The van der Waals surface area contributed by atoms with Crippen molar-refractivity contribution < 1.29 is 23.8 Å². The first-order valence-corrected chi connectivity index (χ1v) is 15.0. The maximum Gasteiger partial charge on any atom is 0.411 e. The van der Waals surface area contributed by atoms with Crippen LogP contribution in [0.25, 0.3) is 11.1 Å². The van der Waals surface area contributed by atoms with Gasteiger partial charge in [0.15, 0.2) is 0 Å². The minimum atomic E-state index is -0.349. The summed E-state index contributed by atoms with van der Waals surface area (Å²) in [5.74, 6) is 1.61. The summed E-state index contributed by atoms with van der Waals surface area (Å²) in [5, 5.41) is 0. The van der Waals surface area contributed by atoms with Crippen LogP contribution in [0.3, 0.4) is 0 Å². The van der Waals surface area contributed by atoms with Crippen molar-refractivity contribution in [1.29, 1.82) is 0 Å². The third kappa shape index (κ3) is 5.30. The Kier molecular flexibility index (Phi) is 7.80. The van der Waals surface area contributed by atoms with Crippen molar-refractivity contribution >= 4 is 17.9 Å². The van der Waals surface area contributed by atoms with E-state index in [1.807, 2.05) is 39.0 Å². The van der Waals surface area contributed by atoms with E-state index in [1.54, 1.807) is 12.0 Å². The van der Waals surface area contributed by atoms with E-state index in [4.69, 9.17) is 19.2 Å². The predicted octanol–water partition coefficient (Wildman–Crippen LogP) is 6.34. The summed E-state index contributed by atoms with van der Waals surface area (Å²) in [4.78, 5) is 34.8. The lowest BCUT2D eigenvalue weighted by Gasteiger charge is -2.33. The van der Waals surface area contributed by atoms with Gasteiger partial charge in [-0.1, -0.05) is 29.8 Å². The third-order valence-electron chi connectivity index (χ3n) is 8.89. The molecule has 3 heterocycles. The Labute approximate surface area is 247 Å². The molecule has 0 unspecified atom stereocenters. The number of rotatable bonds is 9. The van der Waals surface area contributed by atoms with Gasteiger partial charge in [-0.25, -0.2) is 9.78 Å². The highest BCUT2D eigenvalue weighted by Gasteiger charge is 2.40. The van der Waals surface area contributed by atoms with Gasteiger partial charge in [0, 0.05) is 24.2 Å². The number of hydrogen-bond donors (Lipinski definition) is 0. The third-order valence-corrected chi connectivity index (χ3v) is 8.89. The van der Waals surface area contributed by atoms with Gasteiger partial charge in [-0.2, -0.15) is 0 Å². The number of hydrogen-bond acceptors (Lipinski definition) is 7. The Hall–Kier alpha value is -4.07. The van der Waals surface area contributed by atoms with E-state index >= 15 is 0 Å². The quantitative estimate of drug-likeness (QED) is 0.278. The second-order valence-corrected chi connectivity index (χ2v) is 11.6. The van der Waals surface area contributed by atoms with E-state index in [0.29, 0.717) is 19.6 Å². The van der Waals surface area contributed by atoms with Crippen LogP contribution < -0.4 is 9.64 Å². The first-order chi connectivity index (χ1) is 20.4. The first kappa shape index (κ1) is 28.1. The summed E-state index contributed by atoms with van der Waals surface area (Å²) in [6.45, 7) is 8.55. The summed E-state index contributed by atoms with van der Waals surface area (Å²) in [5.41, 5.74) is 7.12. The maximum atomic E-state index is 13.3. The van der Waals surface area contributed by atoms with Crippen LogP contribution in [-0.2, 0) is 27.2 Å². The van der Waals surface area contributed by atoms with Crippen molar-refractivity contribution in [2.24, 2.45) is 0 Å². The molecule has 1 aliphatic carbocycles. The number of aromatic nitrogens is 1. The number of carbonyl (C=O) groups is 2. The van der Waals surface area contributed by atoms with E-state index in [9.17, 15) is 9.59 Å². The van der Waals surface area contributed by atoms with Crippen LogP contribution in [0.4, 0.5) is 10.6 Å². The minimum absolute atomic E-state index is 0.101. The van der Waals surface area contributed by atoms with E-state index in [1.165, 1.54) is 5.56 Å². The molecule has 8 heteroatoms. The highest BCUT2D eigenvalue weighted by atomic mass is 16.6. The molecule has 0 radical (unpaired) electrons. The fraction of sp³-hybridized carbons (Fsp3) is 0.441. The number of cyclic esters (lactones) is 1. The molecule has 2 saturated heterocycles. The number of anilines is 1. The fourth-order valence-electron chi connectivity index (χ4n) is 6.48. The molecule has 0 spiro atoms. The van der Waals surface area contributed by atoms with Gasteiger partial charge in [0.05, 0.1) is 38.4 Å². The molecular formula is C34H39N3O5. The number of carbonyl (C=O) groups excluding carboxylic acids is 2. The van der Waals surface area contributed by atoms with Crippen molar-refractivity contribution in [3.63, 3.8) is 0 Å². The number of methoxy groups -OCH3 is 1. The number of fused-ring (bicyclic) bond motifs is 1. The Morgan fingerprint density at radius 3 is 2.67 bits per heavy atom. The number of pyridine rings is 1. The predicted molar refractivity (Wildman–Crippen MR) is 161 cm³/mol. The van der Waals surface area contributed by atoms with Gasteiger partial charge in [-0.05, 0) is 86.9 Å². The molecule has 0 N–H and O–H groups in total. The SMILES string of the molecule is CCOC(=O)C[C@@H]1CCc2cc(OC)c(-c3ccc(N4CCC4)nc3CN3C(=O)O[C@H](c4cccc(C)c4)[C@@H]3C)cc21. The zero-order valence-corrected chi connectivity index (χ0v) is 24.9. The van der Waals surface area contributed by atoms with Crippen molar-refractivity contribution in [2.45, 2.75) is 71.1 Å². The van der Waals surface area contributed by atoms with Crippen LogP contribution in [-0.4, -0.2) is 54.8 Å². The van der Waals surface area contributed by atoms with Crippen LogP contribution in [0.15, 0.2) is 48.5 Å². The molecule has 220 valence electrons. The maximum absolute atomic E-state index is 13.3. The van der Waals surface area contributed by atoms with Gasteiger partial charge in [0.25, 0.3) is 0 Å². The lowest BCUT2D eigenvalue weighted by Crippen LogP contribution is -2.38. The molecule has 2 aliphatic heterocycles. The van der Waals surface area contributed by atoms with Gasteiger partial charge in [0.1, 0.15) is 17.7 Å². The molecule has 0 bridgehead atoms. The van der Waals surface area contributed by atoms with E-state index < -0.39 is 0 Å². The Balaban J connectivity index is 1.37. The molecule has 2 fully saturated rings. The molecule has 1 amide bonds. The highest BCUT2D eigenvalue weighted by molar-refractivity contribution is 5.78. The number of esters is 1. The molecule has 6 rings (SSSR count). The summed E-state index contributed by atoms with van der Waals surface area (Å²) in [6.07, 6.45) is 2.61. The summed E-state index contributed by atoms with van der Waals surface area (Å²) < 4.78 is 17.1. The summed E-state index contributed by atoms with van der Waals surface area (Å²) >= 11 is 0. The average Bonchev–Trinajstić information content (AvgIpc) is 3.46. The van der Waals surface area contributed by atoms with Crippen molar-refractivity contribution in [2.75, 3.05) is 31.7 Å². The lowest BCUT2D eigenvalue weighted by atomic mass is 9.92. The Bertz CT molecular complexity index is 1500. The smallest absolute Gasteiger partial charge is 0.411 e. The monoisotopic (exact) mass is 569 g/mol. The zero-order valence-electron chi connectivity index (χ0n) is 24.9. The Morgan fingerprint density at radius 2 is 1.95 bits per heavy atom. The van der Waals surface area contributed by atoms with Crippen LogP contribution in [0, 0.1) is 6.92 Å². The van der Waals surface area contributed by atoms with E-state index in [-0.39, 0.29) is 30.1 Å². The second-order valence-electron chi connectivity index (χ2n) is 11.6. The Morgan fingerprint density at radius 1 is 1.12 bits per heavy atom. The highest BCUT2D eigenvalue weighted by Crippen LogP contribution is 2.44. The number of benzene rings is 2. The van der Waals surface area contributed by atoms with E-state index in [2.05, 4.69) is 35.2 Å². The molecule has 2 aromatic carbocycles. The number of nitrogens with zero attached hydrogens (tertiary/aromatic N) is 3. The molecule has 1 aromatic heterocycles. The summed E-state index contributed by atoms with van der Waals surface area (Å²) in [6, 6.07) is 16.4. The van der Waals surface area contributed by atoms with Gasteiger partial charge in [-0.15, -0.1) is 0 Å². The van der Waals surface area contributed by atoms with Crippen LogP contribution in [0.5, 0.6) is 5.75 Å². The average molecular weight is 570 g/mol. The minimum Gasteiger partial charge on any atom is -0.496 e. The second kappa shape index (κ2) is 11.7. The van der Waals surface area contributed by atoms with Gasteiger partial charge < -0.3 is 19.1 Å². The molecule has 3 atom stereocenters. The fourth-order valence-corrected chi connectivity index (χ4v) is 6.48. The number of amides is 1. The molecule has 3 aliphatic rings. The number of ether oxygens (including phenoxy) is 3.